The molecule has 2 aliphatic rings. The van der Waals surface area contributed by atoms with Crippen molar-refractivity contribution in [2.24, 2.45) is 5.92 Å². The number of thiophene rings is 1. The lowest BCUT2D eigenvalue weighted by molar-refractivity contribution is -0.139. The molecule has 1 unspecified atom stereocenters. The van der Waals surface area contributed by atoms with Crippen LogP contribution in [-0.2, 0) is 9.53 Å². The highest BCUT2D eigenvalue weighted by Crippen LogP contribution is 2.30. The van der Waals surface area contributed by atoms with E-state index < -0.39 is 0 Å². The SMILES string of the molecule is O=C(C1CCCN(c2ncnc3sccc23)C1)N1CCOCC1. The Morgan fingerprint density at radius 1 is 1.26 bits per heavy atom. The number of carbonyl (C=O) groups is 1. The Morgan fingerprint density at radius 2 is 2.13 bits per heavy atom. The Labute approximate surface area is 139 Å². The molecule has 2 saturated heterocycles. The van der Waals surface area contributed by atoms with E-state index in [0.717, 1.165) is 55.1 Å². The molecule has 0 bridgehead atoms. The first-order chi connectivity index (χ1) is 11.3. The lowest BCUT2D eigenvalue weighted by Crippen LogP contribution is -2.48. The number of hydrogen-bond donors (Lipinski definition) is 0. The van der Waals surface area contributed by atoms with Gasteiger partial charge in [0.15, 0.2) is 0 Å². The first-order valence-corrected chi connectivity index (χ1v) is 9.00. The summed E-state index contributed by atoms with van der Waals surface area (Å²) in [5.41, 5.74) is 0. The smallest absolute Gasteiger partial charge is 0.227 e. The third-order valence-electron chi connectivity index (χ3n) is 4.63. The van der Waals surface area contributed by atoms with Crippen LogP contribution in [0.5, 0.6) is 0 Å². The molecule has 4 heterocycles. The standard InChI is InChI=1S/C16H20N4O2S/c21-16(19-5-7-22-8-6-19)12-2-1-4-20(10-12)14-13-3-9-23-15(13)18-11-17-14/h3,9,11-12H,1-2,4-8,10H2. The van der Waals surface area contributed by atoms with Gasteiger partial charge in [0.05, 0.1) is 24.5 Å². The number of nitrogens with zero attached hydrogens (tertiary/aromatic N) is 4. The van der Waals surface area contributed by atoms with Crippen LogP contribution >= 0.6 is 11.3 Å². The normalized spacial score (nSPS) is 22.5. The van der Waals surface area contributed by atoms with Crippen molar-refractivity contribution in [2.75, 3.05) is 44.3 Å². The van der Waals surface area contributed by atoms with Crippen LogP contribution in [0.15, 0.2) is 17.8 Å². The van der Waals surface area contributed by atoms with Crippen molar-refractivity contribution < 1.29 is 9.53 Å². The molecule has 6 nitrogen and oxygen atoms in total. The molecule has 0 aliphatic carbocycles. The average Bonchev–Trinajstić information content (AvgIpc) is 3.10. The van der Waals surface area contributed by atoms with Crippen LogP contribution in [-0.4, -0.2) is 60.2 Å². The number of hydrogen-bond acceptors (Lipinski definition) is 6. The molecule has 0 radical (unpaired) electrons. The van der Waals surface area contributed by atoms with Crippen LogP contribution in [0.2, 0.25) is 0 Å². The summed E-state index contributed by atoms with van der Waals surface area (Å²) in [6, 6.07) is 2.07. The van der Waals surface area contributed by atoms with Gasteiger partial charge in [-0.25, -0.2) is 9.97 Å². The number of ether oxygens (including phenoxy) is 1. The molecule has 7 heteroatoms. The molecule has 0 saturated carbocycles. The number of rotatable bonds is 2. The van der Waals surface area contributed by atoms with E-state index >= 15 is 0 Å². The Bertz CT molecular complexity index is 698. The summed E-state index contributed by atoms with van der Waals surface area (Å²) >= 11 is 1.63. The summed E-state index contributed by atoms with van der Waals surface area (Å²) < 4.78 is 5.35. The van der Waals surface area contributed by atoms with Crippen LogP contribution in [0.4, 0.5) is 5.82 Å². The number of morpholine rings is 1. The van der Waals surface area contributed by atoms with Crippen molar-refractivity contribution in [3.05, 3.63) is 17.8 Å². The molecule has 4 rings (SSSR count). The monoisotopic (exact) mass is 332 g/mol. The third kappa shape index (κ3) is 2.90. The molecule has 2 aliphatic heterocycles. The molecule has 2 aromatic heterocycles. The Balaban J connectivity index is 1.52. The van der Waals surface area contributed by atoms with Gasteiger partial charge >= 0.3 is 0 Å². The van der Waals surface area contributed by atoms with E-state index in [1.165, 1.54) is 0 Å². The van der Waals surface area contributed by atoms with Gasteiger partial charge in [0.2, 0.25) is 5.91 Å². The number of piperidine rings is 1. The zero-order valence-corrected chi connectivity index (χ0v) is 13.8. The number of carbonyl (C=O) groups excluding carboxylic acids is 1. The predicted octanol–water partition coefficient (Wildman–Crippen LogP) is 1.77. The minimum absolute atomic E-state index is 0.0606. The molecule has 0 N–H and O–H groups in total. The van der Waals surface area contributed by atoms with Crippen LogP contribution in [0, 0.1) is 5.92 Å². The van der Waals surface area contributed by atoms with Crippen molar-refractivity contribution >= 4 is 33.3 Å². The zero-order chi connectivity index (χ0) is 15.6. The maximum Gasteiger partial charge on any atom is 0.227 e. The summed E-state index contributed by atoms with van der Waals surface area (Å²) in [6.07, 6.45) is 3.61. The molecular weight excluding hydrogens is 312 g/mol. The highest BCUT2D eigenvalue weighted by atomic mass is 32.1. The first kappa shape index (κ1) is 14.8. The number of anilines is 1. The molecular formula is C16H20N4O2S. The van der Waals surface area contributed by atoms with Crippen molar-refractivity contribution in [3.63, 3.8) is 0 Å². The molecule has 0 aromatic carbocycles. The van der Waals surface area contributed by atoms with Crippen molar-refractivity contribution in [1.82, 2.24) is 14.9 Å². The largest absolute Gasteiger partial charge is 0.378 e. The van der Waals surface area contributed by atoms with E-state index in [9.17, 15) is 4.79 Å². The maximum absolute atomic E-state index is 12.8. The van der Waals surface area contributed by atoms with Gasteiger partial charge < -0.3 is 14.5 Å². The minimum Gasteiger partial charge on any atom is -0.378 e. The Morgan fingerprint density at radius 3 is 3.00 bits per heavy atom. The summed E-state index contributed by atoms with van der Waals surface area (Å²) in [5, 5.41) is 3.14. The second kappa shape index (κ2) is 6.41. The molecule has 23 heavy (non-hydrogen) atoms. The first-order valence-electron chi connectivity index (χ1n) is 8.12. The van der Waals surface area contributed by atoms with E-state index in [1.807, 2.05) is 10.3 Å². The molecule has 122 valence electrons. The summed E-state index contributed by atoms with van der Waals surface area (Å²) in [4.78, 5) is 26.8. The van der Waals surface area contributed by atoms with Crippen LogP contribution < -0.4 is 4.90 Å². The number of aromatic nitrogens is 2. The van der Waals surface area contributed by atoms with Gasteiger partial charge in [-0.1, -0.05) is 0 Å². The number of fused-ring (bicyclic) bond motifs is 1. The fraction of sp³-hybridized carbons (Fsp3) is 0.562. The van der Waals surface area contributed by atoms with E-state index in [2.05, 4.69) is 20.9 Å². The van der Waals surface area contributed by atoms with E-state index in [0.29, 0.717) is 13.2 Å². The van der Waals surface area contributed by atoms with Crippen molar-refractivity contribution in [1.29, 1.82) is 0 Å². The highest BCUT2D eigenvalue weighted by Gasteiger charge is 2.31. The molecule has 2 fully saturated rings. The fourth-order valence-electron chi connectivity index (χ4n) is 3.44. The lowest BCUT2D eigenvalue weighted by Gasteiger charge is -2.36. The summed E-state index contributed by atoms with van der Waals surface area (Å²) in [7, 11) is 0. The maximum atomic E-state index is 12.8. The van der Waals surface area contributed by atoms with Crippen molar-refractivity contribution in [2.45, 2.75) is 12.8 Å². The zero-order valence-electron chi connectivity index (χ0n) is 13.0. The molecule has 1 amide bonds. The van der Waals surface area contributed by atoms with E-state index in [4.69, 9.17) is 4.74 Å². The molecule has 0 spiro atoms. The van der Waals surface area contributed by atoms with Crippen molar-refractivity contribution in [3.8, 4) is 0 Å². The quantitative estimate of drug-likeness (QED) is 0.839. The Hall–Kier alpha value is -1.73. The van der Waals surface area contributed by atoms with Gasteiger partial charge in [-0.15, -0.1) is 11.3 Å². The van der Waals surface area contributed by atoms with Gasteiger partial charge in [-0.3, -0.25) is 4.79 Å². The highest BCUT2D eigenvalue weighted by molar-refractivity contribution is 7.16. The minimum atomic E-state index is 0.0606. The van der Waals surface area contributed by atoms with E-state index in [1.54, 1.807) is 17.7 Å². The Kier molecular flexibility index (Phi) is 4.13. The van der Waals surface area contributed by atoms with Crippen LogP contribution in [0.25, 0.3) is 10.2 Å². The van der Waals surface area contributed by atoms with Gasteiger partial charge in [-0.2, -0.15) is 0 Å². The second-order valence-electron chi connectivity index (χ2n) is 6.06. The summed E-state index contributed by atoms with van der Waals surface area (Å²) in [6.45, 7) is 4.45. The second-order valence-corrected chi connectivity index (χ2v) is 6.95. The predicted molar refractivity (Wildman–Crippen MR) is 89.8 cm³/mol. The topological polar surface area (TPSA) is 58.6 Å². The third-order valence-corrected chi connectivity index (χ3v) is 5.45. The molecule has 2 aromatic rings. The average molecular weight is 332 g/mol. The van der Waals surface area contributed by atoms with Gasteiger partial charge in [0.1, 0.15) is 17.0 Å². The van der Waals surface area contributed by atoms with E-state index in [-0.39, 0.29) is 11.8 Å². The van der Waals surface area contributed by atoms with Gasteiger partial charge in [0.25, 0.3) is 0 Å². The fourth-order valence-corrected chi connectivity index (χ4v) is 4.17. The van der Waals surface area contributed by atoms with Gasteiger partial charge in [0, 0.05) is 26.2 Å². The van der Waals surface area contributed by atoms with Crippen LogP contribution in [0.1, 0.15) is 12.8 Å². The molecule has 1 atom stereocenters. The van der Waals surface area contributed by atoms with Crippen LogP contribution in [0.3, 0.4) is 0 Å². The summed E-state index contributed by atoms with van der Waals surface area (Å²) in [5.74, 6) is 1.30. The van der Waals surface area contributed by atoms with Gasteiger partial charge in [-0.05, 0) is 24.3 Å². The number of amides is 1. The lowest BCUT2D eigenvalue weighted by atomic mass is 9.96.